The van der Waals surface area contributed by atoms with E-state index in [1.807, 2.05) is 41.8 Å². The smallest absolute Gasteiger partial charge is 0.313 e. The van der Waals surface area contributed by atoms with Crippen LogP contribution < -0.4 is 16.0 Å². The quantitative estimate of drug-likeness (QED) is 0.299. The summed E-state index contributed by atoms with van der Waals surface area (Å²) in [5.41, 5.74) is 7.50. The molecule has 12 heteroatoms. The fourth-order valence-electron chi connectivity index (χ4n) is 5.10. The van der Waals surface area contributed by atoms with Crippen molar-refractivity contribution >= 4 is 52.1 Å². The number of rotatable bonds is 8. The molecule has 208 valence electrons. The molecule has 10 nitrogen and oxygen atoms in total. The van der Waals surface area contributed by atoms with E-state index in [0.717, 1.165) is 5.69 Å². The second kappa shape index (κ2) is 11.4. The maximum Gasteiger partial charge on any atom is 0.313 e. The Kier molecular flexibility index (Phi) is 7.93. The average Bonchev–Trinajstić information content (AvgIpc) is 3.33. The van der Waals surface area contributed by atoms with Gasteiger partial charge in [-0.3, -0.25) is 14.2 Å². The summed E-state index contributed by atoms with van der Waals surface area (Å²) in [4.78, 5) is 41.3. The van der Waals surface area contributed by atoms with E-state index >= 15 is 0 Å². The molecule has 5 rings (SSSR count). The highest BCUT2D eigenvalue weighted by molar-refractivity contribution is 6.33. The minimum atomic E-state index is -0.794. The zero-order valence-electron chi connectivity index (χ0n) is 22.2. The van der Waals surface area contributed by atoms with Gasteiger partial charge in [-0.25, -0.2) is 15.0 Å². The molecule has 2 aromatic heterocycles. The lowest BCUT2D eigenvalue weighted by atomic mass is 9.86. The number of likely N-dealkylation sites (N-methyl/N-ethyl adjacent to an activating group) is 1. The van der Waals surface area contributed by atoms with Gasteiger partial charge in [0.2, 0.25) is 5.91 Å². The molecule has 1 aliphatic heterocycles. The number of hydrogen-bond donors (Lipinski definition) is 2. The van der Waals surface area contributed by atoms with Crippen LogP contribution in [0.15, 0.2) is 48.5 Å². The Morgan fingerprint density at radius 2 is 1.75 bits per heavy atom. The molecule has 1 aliphatic rings. The highest BCUT2D eigenvalue weighted by Gasteiger charge is 2.40. The van der Waals surface area contributed by atoms with Crippen LogP contribution in [0.3, 0.4) is 0 Å². The first-order valence-electron chi connectivity index (χ1n) is 12.9. The van der Waals surface area contributed by atoms with Gasteiger partial charge in [-0.05, 0) is 55.8 Å². The summed E-state index contributed by atoms with van der Waals surface area (Å²) in [6.45, 7) is 3.56. The van der Waals surface area contributed by atoms with Crippen molar-refractivity contribution in [2.75, 3.05) is 31.6 Å². The van der Waals surface area contributed by atoms with Crippen molar-refractivity contribution < 1.29 is 14.3 Å². The molecule has 40 heavy (non-hydrogen) atoms. The van der Waals surface area contributed by atoms with Crippen LogP contribution in [0.1, 0.15) is 25.6 Å². The van der Waals surface area contributed by atoms with Crippen molar-refractivity contribution in [2.45, 2.75) is 31.7 Å². The van der Waals surface area contributed by atoms with Crippen LogP contribution in [0.4, 0.5) is 5.82 Å². The summed E-state index contributed by atoms with van der Waals surface area (Å²) in [5.74, 6) is 0.562. The summed E-state index contributed by atoms with van der Waals surface area (Å²) < 4.78 is 6.79. The largest absolute Gasteiger partial charge is 0.469 e. The molecule has 1 amide bonds. The number of esters is 1. The topological polar surface area (TPSA) is 128 Å². The van der Waals surface area contributed by atoms with Gasteiger partial charge in [0.25, 0.3) is 0 Å². The first-order valence-corrected chi connectivity index (χ1v) is 13.7. The first kappa shape index (κ1) is 27.8. The number of ether oxygens (including phenoxy) is 1. The Balaban J connectivity index is 1.72. The lowest BCUT2D eigenvalue weighted by Crippen LogP contribution is -2.61. The van der Waals surface area contributed by atoms with E-state index in [9.17, 15) is 9.59 Å². The standard InChI is InChI=1S/C28H29Cl2N7O3/c1-3-32-28(27(31)39)12-14-36(15-13-28)25-23-26(34-21(33-25)16-22(38)40-2)37(18-10-8-17(29)9-11-18)24(35-23)19-6-4-5-7-20(19)30/h4-11,32H,3,12-16H2,1-2H3,(H2,31,39). The Morgan fingerprint density at radius 3 is 2.38 bits per heavy atom. The molecular weight excluding hydrogens is 553 g/mol. The van der Waals surface area contributed by atoms with Gasteiger partial charge in [-0.1, -0.05) is 42.3 Å². The number of carbonyl (C=O) groups is 2. The molecule has 3 N–H and O–H groups in total. The fourth-order valence-corrected chi connectivity index (χ4v) is 5.44. The number of primary amides is 1. The molecule has 1 saturated heterocycles. The number of hydrogen-bond acceptors (Lipinski definition) is 8. The molecule has 2 aromatic carbocycles. The van der Waals surface area contributed by atoms with Crippen LogP contribution in [0.25, 0.3) is 28.2 Å². The van der Waals surface area contributed by atoms with Crippen molar-refractivity contribution in [3.05, 3.63) is 64.4 Å². The number of halogens is 2. The first-order chi connectivity index (χ1) is 19.3. The van der Waals surface area contributed by atoms with Crippen LogP contribution in [-0.2, 0) is 20.7 Å². The van der Waals surface area contributed by atoms with Crippen molar-refractivity contribution in [1.29, 1.82) is 0 Å². The van der Waals surface area contributed by atoms with Gasteiger partial charge >= 0.3 is 5.97 Å². The number of amides is 1. The van der Waals surface area contributed by atoms with Gasteiger partial charge in [-0.2, -0.15) is 0 Å². The number of carbonyl (C=O) groups excluding carboxylic acids is 2. The Hall–Kier alpha value is -3.73. The number of nitrogens with two attached hydrogens (primary N) is 1. The number of fused-ring (bicyclic) bond motifs is 1. The highest BCUT2D eigenvalue weighted by atomic mass is 35.5. The number of methoxy groups -OCH3 is 1. The van der Waals surface area contributed by atoms with Crippen LogP contribution in [0.2, 0.25) is 10.0 Å². The molecule has 0 spiro atoms. The number of imidazole rings is 1. The average molecular weight is 582 g/mol. The minimum Gasteiger partial charge on any atom is -0.469 e. The summed E-state index contributed by atoms with van der Waals surface area (Å²) in [6.07, 6.45) is 0.857. The Morgan fingerprint density at radius 1 is 1.05 bits per heavy atom. The van der Waals surface area contributed by atoms with Crippen molar-refractivity contribution in [2.24, 2.45) is 5.73 Å². The van der Waals surface area contributed by atoms with Crippen LogP contribution in [0, 0.1) is 0 Å². The van der Waals surface area contributed by atoms with E-state index in [-0.39, 0.29) is 18.2 Å². The van der Waals surface area contributed by atoms with E-state index in [1.54, 1.807) is 18.2 Å². The van der Waals surface area contributed by atoms with Gasteiger partial charge in [0, 0.05) is 29.4 Å². The minimum absolute atomic E-state index is 0.122. The second-order valence-corrected chi connectivity index (χ2v) is 10.4. The number of nitrogens with one attached hydrogen (secondary N) is 1. The fraction of sp³-hybridized carbons (Fsp3) is 0.321. The zero-order valence-corrected chi connectivity index (χ0v) is 23.7. The third kappa shape index (κ3) is 5.22. The van der Waals surface area contributed by atoms with Gasteiger partial charge in [0.1, 0.15) is 23.6 Å². The lowest BCUT2D eigenvalue weighted by Gasteiger charge is -2.40. The lowest BCUT2D eigenvalue weighted by molar-refractivity contribution is -0.139. The molecule has 4 aromatic rings. The van der Waals surface area contributed by atoms with Crippen molar-refractivity contribution in [1.82, 2.24) is 24.8 Å². The maximum absolute atomic E-state index is 12.4. The SMILES string of the molecule is CCNC1(C(N)=O)CCN(c2nc(CC(=O)OC)nc3c2nc(-c2ccccc2Cl)n3-c2ccc(Cl)cc2)CC1. The summed E-state index contributed by atoms with van der Waals surface area (Å²) in [6, 6.07) is 14.7. The normalized spacial score (nSPS) is 14.8. The monoisotopic (exact) mass is 581 g/mol. The third-order valence-corrected chi connectivity index (χ3v) is 7.75. The predicted octanol–water partition coefficient (Wildman–Crippen LogP) is 3.94. The Bertz CT molecular complexity index is 1560. The molecule has 0 bridgehead atoms. The van der Waals surface area contributed by atoms with Crippen LogP contribution in [0.5, 0.6) is 0 Å². The van der Waals surface area contributed by atoms with E-state index in [1.165, 1.54) is 7.11 Å². The van der Waals surface area contributed by atoms with Gasteiger partial charge in [0.15, 0.2) is 17.0 Å². The number of aromatic nitrogens is 4. The van der Waals surface area contributed by atoms with Crippen molar-refractivity contribution in [3.8, 4) is 17.1 Å². The van der Waals surface area contributed by atoms with Crippen LogP contribution in [-0.4, -0.2) is 63.7 Å². The maximum atomic E-state index is 12.4. The van der Waals surface area contributed by atoms with E-state index in [0.29, 0.717) is 70.9 Å². The molecule has 3 heterocycles. The van der Waals surface area contributed by atoms with Gasteiger partial charge in [-0.15, -0.1) is 0 Å². The number of anilines is 1. The summed E-state index contributed by atoms with van der Waals surface area (Å²) in [7, 11) is 1.32. The molecular formula is C28H29Cl2N7O3. The molecule has 0 aliphatic carbocycles. The Labute approximate surface area is 241 Å². The van der Waals surface area contributed by atoms with E-state index in [2.05, 4.69) is 10.2 Å². The highest BCUT2D eigenvalue weighted by Crippen LogP contribution is 2.36. The molecule has 0 atom stereocenters. The van der Waals surface area contributed by atoms with Crippen molar-refractivity contribution in [3.63, 3.8) is 0 Å². The van der Waals surface area contributed by atoms with E-state index < -0.39 is 11.5 Å². The van der Waals surface area contributed by atoms with E-state index in [4.69, 9.17) is 48.6 Å². The predicted molar refractivity (Wildman–Crippen MR) is 155 cm³/mol. The summed E-state index contributed by atoms with van der Waals surface area (Å²) >= 11 is 12.8. The summed E-state index contributed by atoms with van der Waals surface area (Å²) in [5, 5.41) is 4.38. The third-order valence-electron chi connectivity index (χ3n) is 7.17. The molecule has 0 unspecified atom stereocenters. The molecule has 1 fully saturated rings. The number of nitrogens with zero attached hydrogens (tertiary/aromatic N) is 5. The van der Waals surface area contributed by atoms with Gasteiger partial charge in [0.05, 0.1) is 12.1 Å². The molecule has 0 radical (unpaired) electrons. The number of piperidine rings is 1. The number of benzene rings is 2. The second-order valence-electron chi connectivity index (χ2n) is 9.58. The zero-order chi connectivity index (χ0) is 28.4. The van der Waals surface area contributed by atoms with Gasteiger partial charge < -0.3 is 20.7 Å². The van der Waals surface area contributed by atoms with Crippen LogP contribution >= 0.6 is 23.2 Å². The molecule has 0 saturated carbocycles.